The fourth-order valence-electron chi connectivity index (χ4n) is 3.89. The third kappa shape index (κ3) is 4.72. The second kappa shape index (κ2) is 9.32. The van der Waals surface area contributed by atoms with E-state index in [0.717, 1.165) is 5.56 Å². The third-order valence-corrected chi connectivity index (χ3v) is 6.35. The van der Waals surface area contributed by atoms with Gasteiger partial charge < -0.3 is 19.9 Å². The summed E-state index contributed by atoms with van der Waals surface area (Å²) in [7, 11) is 0. The Labute approximate surface area is 189 Å². The van der Waals surface area contributed by atoms with Gasteiger partial charge in [0, 0.05) is 43.7 Å². The zero-order valence-corrected chi connectivity index (χ0v) is 18.3. The molecule has 2 heterocycles. The zero-order chi connectivity index (χ0) is 22.0. The molecule has 2 aromatic rings. The van der Waals surface area contributed by atoms with Gasteiger partial charge >= 0.3 is 6.03 Å². The van der Waals surface area contributed by atoms with Crippen LogP contribution in [0.25, 0.3) is 0 Å². The number of nitrogens with zero attached hydrogens (tertiary/aromatic N) is 2. The average molecular weight is 466 g/mol. The largest absolute Gasteiger partial charge is 0.492 e. The average Bonchev–Trinajstić information content (AvgIpc) is 3.03. The molecule has 2 aromatic carbocycles. The minimum atomic E-state index is -0.381. The van der Waals surface area contributed by atoms with Gasteiger partial charge in [0.2, 0.25) is 0 Å². The molecule has 2 aliphatic rings. The van der Waals surface area contributed by atoms with Crippen LogP contribution in [-0.4, -0.2) is 54.5 Å². The number of hydrogen-bond acceptors (Lipinski definition) is 3. The second-order valence-corrected chi connectivity index (χ2v) is 8.34. The standard InChI is InChI=1S/C22H22Cl2FN3O3/c23-17-7-6-16-18(8-13-31-20(16)19(17)24)26-22(30)28-10-1-9-27(11-12-28)21(29)14-2-4-15(25)5-3-14/h2-7,18H,1,8-13H2,(H,26,30). The Morgan fingerprint density at radius 3 is 2.48 bits per heavy atom. The van der Waals surface area contributed by atoms with E-state index in [1.165, 1.54) is 24.3 Å². The smallest absolute Gasteiger partial charge is 0.317 e. The molecule has 1 saturated heterocycles. The first-order valence-electron chi connectivity index (χ1n) is 10.1. The molecule has 0 saturated carbocycles. The SMILES string of the molecule is O=C(NC1CCOc2c1ccc(Cl)c2Cl)N1CCCN(C(=O)c2ccc(F)cc2)CC1. The van der Waals surface area contributed by atoms with E-state index in [-0.39, 0.29) is 23.8 Å². The highest BCUT2D eigenvalue weighted by atomic mass is 35.5. The minimum absolute atomic E-state index is 0.160. The number of rotatable bonds is 2. The van der Waals surface area contributed by atoms with Crippen LogP contribution in [0.15, 0.2) is 36.4 Å². The number of hydrogen-bond donors (Lipinski definition) is 1. The molecule has 9 heteroatoms. The summed E-state index contributed by atoms with van der Waals surface area (Å²) in [6, 6.07) is 8.60. The van der Waals surface area contributed by atoms with Crippen LogP contribution in [0, 0.1) is 5.82 Å². The van der Waals surface area contributed by atoms with Gasteiger partial charge in [0.05, 0.1) is 17.7 Å². The summed E-state index contributed by atoms with van der Waals surface area (Å²) >= 11 is 12.3. The van der Waals surface area contributed by atoms with Crippen LogP contribution in [0.5, 0.6) is 5.75 Å². The van der Waals surface area contributed by atoms with Crippen molar-refractivity contribution in [2.24, 2.45) is 0 Å². The number of amides is 3. The van der Waals surface area contributed by atoms with Gasteiger partial charge in [-0.25, -0.2) is 9.18 Å². The maximum atomic E-state index is 13.1. The highest BCUT2D eigenvalue weighted by Gasteiger charge is 2.29. The fourth-order valence-corrected chi connectivity index (χ4v) is 4.27. The molecule has 0 bridgehead atoms. The van der Waals surface area contributed by atoms with Crippen molar-refractivity contribution in [2.75, 3.05) is 32.8 Å². The highest BCUT2D eigenvalue weighted by Crippen LogP contribution is 2.41. The van der Waals surface area contributed by atoms with Crippen molar-refractivity contribution in [1.82, 2.24) is 15.1 Å². The number of urea groups is 1. The summed E-state index contributed by atoms with van der Waals surface area (Å²) in [6.45, 7) is 2.33. The number of halogens is 3. The van der Waals surface area contributed by atoms with E-state index >= 15 is 0 Å². The summed E-state index contributed by atoms with van der Waals surface area (Å²) in [6.07, 6.45) is 1.28. The van der Waals surface area contributed by atoms with Crippen molar-refractivity contribution < 1.29 is 18.7 Å². The first kappa shape index (κ1) is 21.7. The third-order valence-electron chi connectivity index (χ3n) is 5.57. The minimum Gasteiger partial charge on any atom is -0.492 e. The molecule has 6 nitrogen and oxygen atoms in total. The van der Waals surface area contributed by atoms with E-state index in [0.29, 0.717) is 67.0 Å². The molecule has 0 aromatic heterocycles. The lowest BCUT2D eigenvalue weighted by molar-refractivity contribution is 0.0762. The van der Waals surface area contributed by atoms with E-state index in [1.54, 1.807) is 15.9 Å². The van der Waals surface area contributed by atoms with Crippen molar-refractivity contribution in [3.05, 3.63) is 63.4 Å². The summed E-state index contributed by atoms with van der Waals surface area (Å²) < 4.78 is 18.8. The lowest BCUT2D eigenvalue weighted by Gasteiger charge is -2.30. The highest BCUT2D eigenvalue weighted by molar-refractivity contribution is 6.43. The first-order valence-corrected chi connectivity index (χ1v) is 10.9. The molecule has 0 aliphatic carbocycles. The molecule has 2 aliphatic heterocycles. The fraction of sp³-hybridized carbons (Fsp3) is 0.364. The van der Waals surface area contributed by atoms with Crippen LogP contribution >= 0.6 is 23.2 Å². The quantitative estimate of drug-likeness (QED) is 0.709. The predicted octanol–water partition coefficient (Wildman–Crippen LogP) is 4.51. The summed E-state index contributed by atoms with van der Waals surface area (Å²) in [5.41, 5.74) is 1.24. The van der Waals surface area contributed by atoms with E-state index in [9.17, 15) is 14.0 Å². The summed E-state index contributed by atoms with van der Waals surface area (Å²) in [5.74, 6) is -0.0294. The molecule has 4 rings (SSSR count). The van der Waals surface area contributed by atoms with Crippen molar-refractivity contribution in [3.63, 3.8) is 0 Å². The molecule has 1 N–H and O–H groups in total. The van der Waals surface area contributed by atoms with Crippen molar-refractivity contribution in [1.29, 1.82) is 0 Å². The van der Waals surface area contributed by atoms with Crippen molar-refractivity contribution in [2.45, 2.75) is 18.9 Å². The van der Waals surface area contributed by atoms with Gasteiger partial charge in [0.1, 0.15) is 16.6 Å². The molecule has 164 valence electrons. The Balaban J connectivity index is 1.39. The first-order chi connectivity index (χ1) is 14.9. The number of carbonyl (C=O) groups excluding carboxylic acids is 2. The molecular formula is C22H22Cl2FN3O3. The lowest BCUT2D eigenvalue weighted by atomic mass is 10.0. The summed E-state index contributed by atoms with van der Waals surface area (Å²) in [5, 5.41) is 3.82. The van der Waals surface area contributed by atoms with E-state index in [1.807, 2.05) is 6.07 Å². The molecule has 1 unspecified atom stereocenters. The number of carbonyl (C=O) groups is 2. The maximum absolute atomic E-state index is 13.1. The van der Waals surface area contributed by atoms with E-state index in [4.69, 9.17) is 27.9 Å². The molecular weight excluding hydrogens is 444 g/mol. The van der Waals surface area contributed by atoms with Crippen LogP contribution < -0.4 is 10.1 Å². The molecule has 1 atom stereocenters. The number of fused-ring (bicyclic) bond motifs is 1. The molecule has 0 spiro atoms. The topological polar surface area (TPSA) is 61.9 Å². The van der Waals surface area contributed by atoms with Gasteiger partial charge in [0.25, 0.3) is 5.91 Å². The van der Waals surface area contributed by atoms with Crippen molar-refractivity contribution in [3.8, 4) is 5.75 Å². The Kier molecular flexibility index (Phi) is 6.53. The monoisotopic (exact) mass is 465 g/mol. The Hall–Kier alpha value is -2.51. The van der Waals surface area contributed by atoms with Gasteiger partial charge in [0.15, 0.2) is 0 Å². The summed E-state index contributed by atoms with van der Waals surface area (Å²) in [4.78, 5) is 29.0. The van der Waals surface area contributed by atoms with Gasteiger partial charge in [-0.3, -0.25) is 4.79 Å². The number of ether oxygens (including phenoxy) is 1. The Morgan fingerprint density at radius 1 is 1.00 bits per heavy atom. The van der Waals surface area contributed by atoms with Crippen LogP contribution in [0.1, 0.15) is 34.8 Å². The van der Waals surface area contributed by atoms with Crippen LogP contribution in [0.4, 0.5) is 9.18 Å². The van der Waals surface area contributed by atoms with Gasteiger partial charge in [-0.05, 0) is 36.8 Å². The van der Waals surface area contributed by atoms with Crippen molar-refractivity contribution >= 4 is 35.1 Å². The van der Waals surface area contributed by atoms with Crippen LogP contribution in [0.3, 0.4) is 0 Å². The Bertz CT molecular complexity index is 987. The molecule has 1 fully saturated rings. The zero-order valence-electron chi connectivity index (χ0n) is 16.7. The van der Waals surface area contributed by atoms with Gasteiger partial charge in [-0.15, -0.1) is 0 Å². The van der Waals surface area contributed by atoms with Gasteiger partial charge in [-0.2, -0.15) is 0 Å². The Morgan fingerprint density at radius 2 is 1.71 bits per heavy atom. The van der Waals surface area contributed by atoms with Gasteiger partial charge in [-0.1, -0.05) is 29.3 Å². The maximum Gasteiger partial charge on any atom is 0.317 e. The molecule has 0 radical (unpaired) electrons. The van der Waals surface area contributed by atoms with Crippen LogP contribution in [0.2, 0.25) is 10.0 Å². The lowest BCUT2D eigenvalue weighted by Crippen LogP contribution is -2.44. The number of benzene rings is 2. The van der Waals surface area contributed by atoms with Crippen LogP contribution in [-0.2, 0) is 0 Å². The normalized spacial score (nSPS) is 18.6. The molecule has 31 heavy (non-hydrogen) atoms. The predicted molar refractivity (Wildman–Crippen MR) is 116 cm³/mol. The second-order valence-electron chi connectivity index (χ2n) is 7.56. The molecule has 3 amide bonds. The number of nitrogens with one attached hydrogen (secondary N) is 1. The van der Waals surface area contributed by atoms with E-state index < -0.39 is 0 Å². The van der Waals surface area contributed by atoms with E-state index in [2.05, 4.69) is 5.32 Å².